The van der Waals surface area contributed by atoms with Crippen LogP contribution in [0.5, 0.6) is 0 Å². The number of nitrogens with zero attached hydrogens (tertiary/aromatic N) is 3. The average molecular weight is 416 g/mol. The second-order valence-electron chi connectivity index (χ2n) is 7.59. The summed E-state index contributed by atoms with van der Waals surface area (Å²) in [6.45, 7) is 6.39. The van der Waals surface area contributed by atoms with Crippen molar-refractivity contribution in [2.24, 2.45) is 0 Å². The predicted molar refractivity (Wildman–Crippen MR) is 118 cm³/mol. The number of hydrogen-bond donors (Lipinski definition) is 0. The Labute approximate surface area is 174 Å². The highest BCUT2D eigenvalue weighted by atomic mass is 35.5. The highest BCUT2D eigenvalue weighted by Crippen LogP contribution is 2.39. The van der Waals surface area contributed by atoms with Gasteiger partial charge in [0.15, 0.2) is 5.82 Å². The van der Waals surface area contributed by atoms with Gasteiger partial charge in [-0.05, 0) is 74.6 Å². The zero-order valence-electron chi connectivity index (χ0n) is 16.8. The largest absolute Gasteiger partial charge is 0.286 e. The zero-order valence-corrected chi connectivity index (χ0v) is 18.4. The van der Waals surface area contributed by atoms with Crippen LogP contribution in [-0.4, -0.2) is 20.4 Å². The second-order valence-corrected chi connectivity index (χ2v) is 8.88. The van der Waals surface area contributed by atoms with Gasteiger partial charge in [0.2, 0.25) is 0 Å². The molecular formula is C22H26ClN3OS. The molecule has 1 aliphatic carbocycles. The highest BCUT2D eigenvalue weighted by Gasteiger charge is 2.31. The summed E-state index contributed by atoms with van der Waals surface area (Å²) in [7, 11) is 0. The third-order valence-electron chi connectivity index (χ3n) is 5.78. The van der Waals surface area contributed by atoms with E-state index in [2.05, 4.69) is 19.9 Å². The highest BCUT2D eigenvalue weighted by molar-refractivity contribution is 7.98. The van der Waals surface area contributed by atoms with Crippen molar-refractivity contribution in [2.75, 3.05) is 6.26 Å². The van der Waals surface area contributed by atoms with Gasteiger partial charge < -0.3 is 0 Å². The Morgan fingerprint density at radius 2 is 1.96 bits per heavy atom. The molecule has 1 aliphatic rings. The summed E-state index contributed by atoms with van der Waals surface area (Å²) in [5.41, 5.74) is 3.74. The average Bonchev–Trinajstić information content (AvgIpc) is 3.47. The van der Waals surface area contributed by atoms with E-state index in [1.807, 2.05) is 40.5 Å². The molecule has 1 fully saturated rings. The van der Waals surface area contributed by atoms with Gasteiger partial charge in [-0.2, -0.15) is 0 Å². The van der Waals surface area contributed by atoms with E-state index in [4.69, 9.17) is 16.7 Å². The molecule has 6 heteroatoms. The monoisotopic (exact) mass is 415 g/mol. The summed E-state index contributed by atoms with van der Waals surface area (Å²) in [6.07, 6.45) is 6.10. The first-order valence-electron chi connectivity index (χ1n) is 9.98. The molecule has 0 bridgehead atoms. The molecule has 4 rings (SSSR count). The summed E-state index contributed by atoms with van der Waals surface area (Å²) in [4.78, 5) is 14.8. The first-order chi connectivity index (χ1) is 13.5. The Morgan fingerprint density at radius 1 is 1.25 bits per heavy atom. The summed E-state index contributed by atoms with van der Waals surface area (Å²) in [6, 6.07) is 8.34. The molecule has 0 atom stereocenters. The van der Waals surface area contributed by atoms with Crippen LogP contribution in [-0.2, 0) is 0 Å². The van der Waals surface area contributed by atoms with Gasteiger partial charge >= 0.3 is 0 Å². The maximum Gasteiger partial charge on any atom is 0.278 e. The summed E-state index contributed by atoms with van der Waals surface area (Å²) in [5.74, 6) is 1.05. The van der Waals surface area contributed by atoms with Gasteiger partial charge in [-0.3, -0.25) is 9.36 Å². The smallest absolute Gasteiger partial charge is 0.278 e. The van der Waals surface area contributed by atoms with Crippen LogP contribution < -0.4 is 5.56 Å². The van der Waals surface area contributed by atoms with Crippen LogP contribution in [0.2, 0.25) is 5.02 Å². The van der Waals surface area contributed by atoms with Crippen molar-refractivity contribution >= 4 is 28.9 Å². The molecule has 28 heavy (non-hydrogen) atoms. The SMILES string of the molecule is CCC(CC)c1cc(C)n2nc(-c3ccc(SC)cc3Cl)n(C3CC3)c(=O)c12. The molecule has 4 nitrogen and oxygen atoms in total. The third kappa shape index (κ3) is 3.18. The quantitative estimate of drug-likeness (QED) is 0.457. The van der Waals surface area contributed by atoms with E-state index in [-0.39, 0.29) is 11.6 Å². The molecule has 0 saturated heterocycles. The predicted octanol–water partition coefficient (Wildman–Crippen LogP) is 6.09. The number of fused-ring (bicyclic) bond motifs is 1. The minimum Gasteiger partial charge on any atom is -0.286 e. The Hall–Kier alpha value is -1.72. The number of rotatable bonds is 6. The molecule has 0 aliphatic heterocycles. The lowest BCUT2D eigenvalue weighted by Gasteiger charge is -2.16. The molecule has 1 saturated carbocycles. The van der Waals surface area contributed by atoms with Crippen molar-refractivity contribution in [3.63, 3.8) is 0 Å². The number of aromatic nitrogens is 3. The van der Waals surface area contributed by atoms with Crippen molar-refractivity contribution < 1.29 is 0 Å². The Kier molecular flexibility index (Phi) is 5.32. The topological polar surface area (TPSA) is 39.3 Å². The van der Waals surface area contributed by atoms with E-state index >= 15 is 0 Å². The fourth-order valence-electron chi connectivity index (χ4n) is 4.05. The number of thioether (sulfide) groups is 1. The van der Waals surface area contributed by atoms with Gasteiger partial charge in [-0.25, -0.2) is 4.52 Å². The summed E-state index contributed by atoms with van der Waals surface area (Å²) >= 11 is 8.26. The maximum atomic E-state index is 13.7. The van der Waals surface area contributed by atoms with Gasteiger partial charge in [0.25, 0.3) is 5.56 Å². The van der Waals surface area contributed by atoms with Gasteiger partial charge in [0.1, 0.15) is 5.52 Å². The Balaban J connectivity index is 2.02. The Morgan fingerprint density at radius 3 is 2.54 bits per heavy atom. The van der Waals surface area contributed by atoms with E-state index in [0.717, 1.165) is 52.9 Å². The van der Waals surface area contributed by atoms with Gasteiger partial charge in [0.05, 0.1) is 5.02 Å². The molecule has 2 aromatic heterocycles. The van der Waals surface area contributed by atoms with Crippen molar-refractivity contribution in [3.8, 4) is 11.4 Å². The molecule has 0 spiro atoms. The molecule has 148 valence electrons. The lowest BCUT2D eigenvalue weighted by atomic mass is 9.95. The fraction of sp³-hybridized carbons (Fsp3) is 0.455. The minimum atomic E-state index is 0.0625. The van der Waals surface area contributed by atoms with Crippen molar-refractivity contribution in [1.29, 1.82) is 0 Å². The first-order valence-corrected chi connectivity index (χ1v) is 11.6. The standard InChI is InChI=1S/C22H26ClN3OS/c1-5-14(6-2)18-11-13(3)26-20(18)22(27)25(15-7-8-15)21(24-26)17-10-9-16(28-4)12-19(17)23/h9-12,14-15H,5-8H2,1-4H3. The van der Waals surface area contributed by atoms with Crippen LogP contribution in [0.25, 0.3) is 16.9 Å². The van der Waals surface area contributed by atoms with Gasteiger partial charge in [0, 0.05) is 22.2 Å². The van der Waals surface area contributed by atoms with Crippen LogP contribution >= 0.6 is 23.4 Å². The number of aryl methyl sites for hydroxylation is 1. The summed E-state index contributed by atoms with van der Waals surface area (Å²) in [5, 5.41) is 5.58. The molecule has 0 unspecified atom stereocenters. The number of hydrogen-bond acceptors (Lipinski definition) is 3. The molecule has 2 heterocycles. The van der Waals surface area contributed by atoms with Crippen LogP contribution in [0.4, 0.5) is 0 Å². The molecular weight excluding hydrogens is 390 g/mol. The second kappa shape index (κ2) is 7.60. The number of halogens is 1. The Bertz CT molecular complexity index is 1090. The van der Waals surface area contributed by atoms with Gasteiger partial charge in [-0.1, -0.05) is 25.4 Å². The van der Waals surface area contributed by atoms with Crippen LogP contribution in [0.3, 0.4) is 0 Å². The van der Waals surface area contributed by atoms with E-state index in [0.29, 0.717) is 16.8 Å². The van der Waals surface area contributed by atoms with Crippen molar-refractivity contribution in [3.05, 3.63) is 50.9 Å². The molecule has 0 amide bonds. The van der Waals surface area contributed by atoms with Crippen LogP contribution in [0.15, 0.2) is 34.0 Å². The zero-order chi connectivity index (χ0) is 20.0. The van der Waals surface area contributed by atoms with Crippen LogP contribution in [0, 0.1) is 6.92 Å². The summed E-state index contributed by atoms with van der Waals surface area (Å²) < 4.78 is 3.73. The van der Waals surface area contributed by atoms with E-state index in [1.165, 1.54) is 0 Å². The molecule has 0 radical (unpaired) electrons. The molecule has 3 aromatic rings. The molecule has 0 N–H and O–H groups in total. The van der Waals surface area contributed by atoms with E-state index in [1.54, 1.807) is 11.8 Å². The van der Waals surface area contributed by atoms with E-state index in [9.17, 15) is 4.79 Å². The normalized spacial score (nSPS) is 14.4. The van der Waals surface area contributed by atoms with E-state index < -0.39 is 0 Å². The molecule has 1 aromatic carbocycles. The van der Waals surface area contributed by atoms with Crippen LogP contribution in [0.1, 0.15) is 62.7 Å². The van der Waals surface area contributed by atoms with Gasteiger partial charge in [-0.15, -0.1) is 16.9 Å². The van der Waals surface area contributed by atoms with Crippen molar-refractivity contribution in [2.45, 2.75) is 63.3 Å². The fourth-order valence-corrected chi connectivity index (χ4v) is 4.82. The lowest BCUT2D eigenvalue weighted by molar-refractivity contribution is 0.638. The third-order valence-corrected chi connectivity index (χ3v) is 6.82. The maximum absolute atomic E-state index is 13.7. The van der Waals surface area contributed by atoms with Crippen molar-refractivity contribution in [1.82, 2.24) is 14.2 Å². The minimum absolute atomic E-state index is 0.0625. The number of benzene rings is 1. The first kappa shape index (κ1) is 19.6. The lowest BCUT2D eigenvalue weighted by Crippen LogP contribution is -2.26.